The van der Waals surface area contributed by atoms with Crippen molar-refractivity contribution in [2.45, 2.75) is 36.4 Å². The van der Waals surface area contributed by atoms with Crippen molar-refractivity contribution < 1.29 is 35.7 Å². The molecule has 0 aliphatic heterocycles. The van der Waals surface area contributed by atoms with E-state index in [-0.39, 0.29) is 0 Å². The Labute approximate surface area is 93.2 Å². The second kappa shape index (κ2) is 6.45. The first-order valence-electron chi connectivity index (χ1n) is 4.78. The van der Waals surface area contributed by atoms with Crippen molar-refractivity contribution in [2.75, 3.05) is 13.2 Å². The van der Waals surface area contributed by atoms with Gasteiger partial charge in [0.15, 0.2) is 0 Å². The molecule has 0 aliphatic carbocycles. The van der Waals surface area contributed by atoms with E-state index in [2.05, 4.69) is 6.92 Å². The van der Waals surface area contributed by atoms with Gasteiger partial charge in [-0.15, -0.1) is 0 Å². The minimum Gasteiger partial charge on any atom is -0.394 e. The van der Waals surface area contributed by atoms with Crippen LogP contribution in [0.4, 0.5) is 0 Å². The second-order valence-corrected chi connectivity index (χ2v) is 3.82. The van der Waals surface area contributed by atoms with Gasteiger partial charge in [0.2, 0.25) is 0 Å². The quantitative estimate of drug-likeness (QED) is 0.243. The summed E-state index contributed by atoms with van der Waals surface area (Å²) in [6.07, 6.45) is -6.94. The number of rotatable bonds is 7. The molecular formula is C9H19O7. The molecule has 1 radical (unpaired) electrons. The maximum Gasteiger partial charge on any atom is 0.111 e. The first-order chi connectivity index (χ1) is 7.26. The van der Waals surface area contributed by atoms with Crippen LogP contribution in [0, 0.1) is 6.92 Å². The Kier molecular flexibility index (Phi) is 6.34. The van der Waals surface area contributed by atoms with E-state index in [0.717, 1.165) is 0 Å². The summed E-state index contributed by atoms with van der Waals surface area (Å²) in [5, 5.41) is 63.5. The Morgan fingerprint density at radius 3 is 1.69 bits per heavy atom. The molecule has 0 fully saturated rings. The average molecular weight is 239 g/mol. The van der Waals surface area contributed by atoms with Crippen LogP contribution in [-0.2, 0) is 0 Å². The molecule has 7 heteroatoms. The zero-order chi connectivity index (χ0) is 12.9. The summed E-state index contributed by atoms with van der Waals surface area (Å²) in [4.78, 5) is 0. The highest BCUT2D eigenvalue weighted by Gasteiger charge is 2.38. The first-order valence-corrected chi connectivity index (χ1v) is 4.78. The van der Waals surface area contributed by atoms with Crippen molar-refractivity contribution in [3.8, 4) is 0 Å². The van der Waals surface area contributed by atoms with E-state index in [1.807, 2.05) is 0 Å². The minimum atomic E-state index is -2.14. The lowest BCUT2D eigenvalue weighted by molar-refractivity contribution is -0.138. The standard InChI is InChI=1S/C9H19O7/c1-9(16,8(15)7(14)4-11)2-5(12)6(13)3-10/h5-8,10-16H,1-4H2. The van der Waals surface area contributed by atoms with Gasteiger partial charge in [-0.3, -0.25) is 0 Å². The van der Waals surface area contributed by atoms with Crippen LogP contribution in [-0.4, -0.2) is 79.0 Å². The molecule has 0 aromatic rings. The third kappa shape index (κ3) is 4.30. The SMILES string of the molecule is [CH2]C(O)(CC(O)C(O)CO)C(O)C(O)CO. The summed E-state index contributed by atoms with van der Waals surface area (Å²) in [5.74, 6) is 0. The van der Waals surface area contributed by atoms with E-state index in [1.54, 1.807) is 0 Å². The van der Waals surface area contributed by atoms with Gasteiger partial charge < -0.3 is 35.7 Å². The van der Waals surface area contributed by atoms with Crippen LogP contribution in [0.3, 0.4) is 0 Å². The molecule has 0 rings (SSSR count). The largest absolute Gasteiger partial charge is 0.394 e. The second-order valence-electron chi connectivity index (χ2n) is 3.82. The lowest BCUT2D eigenvalue weighted by atomic mass is 9.87. The highest BCUT2D eigenvalue weighted by molar-refractivity contribution is 4.95. The molecule has 0 bridgehead atoms. The van der Waals surface area contributed by atoms with E-state index >= 15 is 0 Å². The molecule has 97 valence electrons. The zero-order valence-corrected chi connectivity index (χ0v) is 8.77. The number of aliphatic hydroxyl groups excluding tert-OH is 6. The Hall–Kier alpha value is -0.280. The highest BCUT2D eigenvalue weighted by Crippen LogP contribution is 2.20. The lowest BCUT2D eigenvalue weighted by Gasteiger charge is -2.33. The topological polar surface area (TPSA) is 142 Å². The maximum atomic E-state index is 9.61. The molecule has 0 saturated heterocycles. The van der Waals surface area contributed by atoms with Gasteiger partial charge >= 0.3 is 0 Å². The molecule has 7 nitrogen and oxygen atoms in total. The average Bonchev–Trinajstić information content (AvgIpc) is 2.24. The van der Waals surface area contributed by atoms with Gasteiger partial charge in [0.05, 0.1) is 24.9 Å². The van der Waals surface area contributed by atoms with Crippen molar-refractivity contribution in [1.29, 1.82) is 0 Å². The van der Waals surface area contributed by atoms with Crippen LogP contribution in [0.2, 0.25) is 0 Å². The molecule has 0 amide bonds. The number of aliphatic hydroxyl groups is 7. The van der Waals surface area contributed by atoms with E-state index in [4.69, 9.17) is 20.4 Å². The molecule has 5 atom stereocenters. The summed E-state index contributed by atoms with van der Waals surface area (Å²) < 4.78 is 0. The van der Waals surface area contributed by atoms with E-state index in [0.29, 0.717) is 0 Å². The van der Waals surface area contributed by atoms with Gasteiger partial charge in [-0.05, 0) is 6.92 Å². The van der Waals surface area contributed by atoms with E-state index in [9.17, 15) is 15.3 Å². The Balaban J connectivity index is 4.43. The normalized spacial score (nSPS) is 23.2. The molecule has 16 heavy (non-hydrogen) atoms. The van der Waals surface area contributed by atoms with Gasteiger partial charge in [0.25, 0.3) is 0 Å². The fraction of sp³-hybridized carbons (Fsp3) is 0.889. The maximum absolute atomic E-state index is 9.61. The molecule has 0 heterocycles. The predicted molar refractivity (Wildman–Crippen MR) is 53.1 cm³/mol. The van der Waals surface area contributed by atoms with E-state index in [1.165, 1.54) is 0 Å². The molecular weight excluding hydrogens is 220 g/mol. The Morgan fingerprint density at radius 1 is 0.875 bits per heavy atom. The lowest BCUT2D eigenvalue weighted by Crippen LogP contribution is -2.51. The number of hydrogen-bond donors (Lipinski definition) is 7. The Bertz CT molecular complexity index is 196. The summed E-state index contributed by atoms with van der Waals surface area (Å²) in [5.41, 5.74) is -2.14. The van der Waals surface area contributed by atoms with Gasteiger partial charge in [0.1, 0.15) is 18.3 Å². The van der Waals surface area contributed by atoms with Gasteiger partial charge in [0, 0.05) is 6.42 Å². The van der Waals surface area contributed by atoms with Crippen LogP contribution in [0.25, 0.3) is 0 Å². The minimum absolute atomic E-state index is 0.563. The molecule has 0 aromatic heterocycles. The molecule has 5 unspecified atom stereocenters. The summed E-state index contributed by atoms with van der Waals surface area (Å²) >= 11 is 0. The van der Waals surface area contributed by atoms with Crippen LogP contribution in [0.5, 0.6) is 0 Å². The third-order valence-electron chi connectivity index (χ3n) is 2.30. The fourth-order valence-electron chi connectivity index (χ4n) is 1.20. The summed E-state index contributed by atoms with van der Waals surface area (Å²) in [6.45, 7) is 1.68. The van der Waals surface area contributed by atoms with Crippen molar-refractivity contribution in [3.63, 3.8) is 0 Å². The smallest absolute Gasteiger partial charge is 0.111 e. The van der Waals surface area contributed by atoms with Crippen molar-refractivity contribution in [2.24, 2.45) is 0 Å². The predicted octanol–water partition coefficient (Wildman–Crippen LogP) is -3.63. The van der Waals surface area contributed by atoms with Crippen molar-refractivity contribution in [3.05, 3.63) is 6.92 Å². The molecule has 0 spiro atoms. The monoisotopic (exact) mass is 239 g/mol. The first kappa shape index (κ1) is 15.7. The van der Waals surface area contributed by atoms with Crippen LogP contribution in [0.15, 0.2) is 0 Å². The molecule has 0 aromatic carbocycles. The third-order valence-corrected chi connectivity index (χ3v) is 2.30. The van der Waals surface area contributed by atoms with Crippen LogP contribution >= 0.6 is 0 Å². The molecule has 7 N–H and O–H groups in total. The summed E-state index contributed by atoms with van der Waals surface area (Å²) in [7, 11) is 0. The highest BCUT2D eigenvalue weighted by atomic mass is 16.4. The van der Waals surface area contributed by atoms with Crippen LogP contribution in [0.1, 0.15) is 6.42 Å². The summed E-state index contributed by atoms with van der Waals surface area (Å²) in [6, 6.07) is 0. The Morgan fingerprint density at radius 2 is 1.31 bits per heavy atom. The molecule has 0 saturated carbocycles. The fourth-order valence-corrected chi connectivity index (χ4v) is 1.20. The van der Waals surface area contributed by atoms with Crippen LogP contribution < -0.4 is 0 Å². The zero-order valence-electron chi connectivity index (χ0n) is 8.77. The molecule has 0 aliphatic rings. The van der Waals surface area contributed by atoms with Crippen molar-refractivity contribution in [1.82, 2.24) is 0 Å². The van der Waals surface area contributed by atoms with E-state index < -0.39 is 49.7 Å². The number of hydrogen-bond acceptors (Lipinski definition) is 7. The van der Waals surface area contributed by atoms with Crippen molar-refractivity contribution >= 4 is 0 Å². The van der Waals surface area contributed by atoms with Gasteiger partial charge in [-0.1, -0.05) is 0 Å². The van der Waals surface area contributed by atoms with Gasteiger partial charge in [-0.2, -0.15) is 0 Å². The van der Waals surface area contributed by atoms with Gasteiger partial charge in [-0.25, -0.2) is 0 Å².